The quantitative estimate of drug-likeness (QED) is 0.720. The molecule has 9 heteroatoms. The molecule has 1 rings (SSSR count). The number of rotatable bonds is 6. The van der Waals surface area contributed by atoms with Crippen LogP contribution in [0.5, 0.6) is 5.75 Å². The van der Waals surface area contributed by atoms with E-state index in [1.807, 2.05) is 0 Å². The van der Waals surface area contributed by atoms with Crippen LogP contribution in [-0.2, 0) is 19.9 Å². The van der Waals surface area contributed by atoms with Gasteiger partial charge in [0.1, 0.15) is 10.6 Å². The molecule has 0 radical (unpaired) electrons. The Morgan fingerprint density at radius 3 is 2.37 bits per heavy atom. The minimum atomic E-state index is -3.87. The van der Waals surface area contributed by atoms with Crippen molar-refractivity contribution in [3.8, 4) is 5.75 Å². The molecule has 0 saturated carbocycles. The molecule has 0 amide bonds. The van der Waals surface area contributed by atoms with E-state index in [4.69, 9.17) is 10.5 Å². The minimum Gasteiger partial charge on any atom is -0.495 e. The average Bonchev–Trinajstić information content (AvgIpc) is 2.34. The second kappa shape index (κ2) is 5.87. The molecule has 0 saturated heterocycles. The fourth-order valence-corrected chi connectivity index (χ4v) is 3.33. The van der Waals surface area contributed by atoms with Crippen LogP contribution in [0, 0.1) is 0 Å². The Morgan fingerprint density at radius 2 is 1.89 bits per heavy atom. The fraction of sp³-hybridized carbons (Fsp3) is 0.400. The van der Waals surface area contributed by atoms with Gasteiger partial charge in [-0.15, -0.1) is 0 Å². The Balaban J connectivity index is 3.39. The lowest BCUT2D eigenvalue weighted by Gasteiger charge is -2.11. The second-order valence-electron chi connectivity index (χ2n) is 3.77. The number of nitrogens with two attached hydrogens (primary N) is 1. The maximum atomic E-state index is 12.0. The highest BCUT2D eigenvalue weighted by molar-refractivity contribution is 7.91. The zero-order valence-corrected chi connectivity index (χ0v) is 12.2. The Kier molecular flexibility index (Phi) is 4.91. The third kappa shape index (κ3) is 3.90. The summed E-state index contributed by atoms with van der Waals surface area (Å²) in [6, 6.07) is 3.65. The summed E-state index contributed by atoms with van der Waals surface area (Å²) in [5.74, 6) is 0.0666. The van der Waals surface area contributed by atoms with Crippen LogP contribution in [0.2, 0.25) is 0 Å². The fourth-order valence-electron chi connectivity index (χ4n) is 1.37. The molecule has 0 aliphatic heterocycles. The summed E-state index contributed by atoms with van der Waals surface area (Å²) in [7, 11) is -6.07. The molecule has 19 heavy (non-hydrogen) atoms. The zero-order valence-electron chi connectivity index (χ0n) is 10.6. The van der Waals surface area contributed by atoms with Crippen molar-refractivity contribution in [2.75, 3.05) is 26.5 Å². The SMILES string of the molecule is COc1ccc(S(C)(=O)=O)cc1S(=O)(=O)NCCN. The molecule has 0 bridgehead atoms. The third-order valence-corrected chi connectivity index (χ3v) is 4.88. The van der Waals surface area contributed by atoms with Crippen LogP contribution in [0.3, 0.4) is 0 Å². The Morgan fingerprint density at radius 1 is 1.26 bits per heavy atom. The molecule has 0 fully saturated rings. The van der Waals surface area contributed by atoms with Crippen molar-refractivity contribution in [1.82, 2.24) is 4.72 Å². The number of sulfone groups is 1. The molecule has 0 spiro atoms. The van der Waals surface area contributed by atoms with Crippen LogP contribution in [0.4, 0.5) is 0 Å². The van der Waals surface area contributed by atoms with Crippen molar-refractivity contribution in [2.24, 2.45) is 5.73 Å². The lowest BCUT2D eigenvalue weighted by molar-refractivity contribution is 0.401. The highest BCUT2D eigenvalue weighted by atomic mass is 32.2. The molecule has 3 N–H and O–H groups in total. The van der Waals surface area contributed by atoms with Gasteiger partial charge in [0, 0.05) is 19.3 Å². The number of hydrogen-bond donors (Lipinski definition) is 2. The van der Waals surface area contributed by atoms with E-state index in [0.29, 0.717) is 0 Å². The van der Waals surface area contributed by atoms with Gasteiger partial charge in [-0.3, -0.25) is 0 Å². The van der Waals surface area contributed by atoms with E-state index in [2.05, 4.69) is 4.72 Å². The van der Waals surface area contributed by atoms with Crippen molar-refractivity contribution in [3.63, 3.8) is 0 Å². The van der Waals surface area contributed by atoms with E-state index in [1.54, 1.807) is 0 Å². The van der Waals surface area contributed by atoms with Gasteiger partial charge in [0.15, 0.2) is 9.84 Å². The van der Waals surface area contributed by atoms with E-state index >= 15 is 0 Å². The van der Waals surface area contributed by atoms with E-state index in [9.17, 15) is 16.8 Å². The average molecular weight is 308 g/mol. The van der Waals surface area contributed by atoms with Crippen LogP contribution >= 0.6 is 0 Å². The summed E-state index contributed by atoms with van der Waals surface area (Å²) in [5, 5.41) is 0. The molecule has 1 aromatic rings. The summed E-state index contributed by atoms with van der Waals surface area (Å²) in [6.07, 6.45) is 0.999. The standard InChI is InChI=1S/C10H16N2O5S2/c1-17-9-4-3-8(18(2,13)14)7-10(9)19(15,16)12-6-5-11/h3-4,7,12H,5-6,11H2,1-2H3. The first kappa shape index (κ1) is 15.9. The maximum absolute atomic E-state index is 12.0. The van der Waals surface area contributed by atoms with Crippen LogP contribution in [0.15, 0.2) is 28.0 Å². The van der Waals surface area contributed by atoms with Crippen LogP contribution < -0.4 is 15.2 Å². The molecular formula is C10H16N2O5S2. The second-order valence-corrected chi connectivity index (χ2v) is 7.52. The summed E-state index contributed by atoms with van der Waals surface area (Å²) in [6.45, 7) is 0.182. The molecule has 0 atom stereocenters. The highest BCUT2D eigenvalue weighted by Crippen LogP contribution is 2.26. The van der Waals surface area contributed by atoms with Gasteiger partial charge in [-0.25, -0.2) is 21.6 Å². The number of methoxy groups -OCH3 is 1. The third-order valence-electron chi connectivity index (χ3n) is 2.29. The van der Waals surface area contributed by atoms with Crippen molar-refractivity contribution in [1.29, 1.82) is 0 Å². The van der Waals surface area contributed by atoms with Crippen molar-refractivity contribution in [2.45, 2.75) is 9.79 Å². The predicted octanol–water partition coefficient (Wildman–Crippen LogP) is -0.664. The Bertz CT molecular complexity index is 652. The van der Waals surface area contributed by atoms with Gasteiger partial charge in [-0.05, 0) is 18.2 Å². The van der Waals surface area contributed by atoms with E-state index in [0.717, 1.165) is 12.3 Å². The van der Waals surface area contributed by atoms with E-state index < -0.39 is 19.9 Å². The largest absolute Gasteiger partial charge is 0.495 e. The minimum absolute atomic E-state index is 0.0502. The first-order valence-corrected chi connectivity index (χ1v) is 8.67. The predicted molar refractivity (Wildman–Crippen MR) is 70.3 cm³/mol. The first-order valence-electron chi connectivity index (χ1n) is 5.30. The number of hydrogen-bond acceptors (Lipinski definition) is 6. The molecule has 1 aromatic carbocycles. The maximum Gasteiger partial charge on any atom is 0.244 e. The van der Waals surface area contributed by atoms with Gasteiger partial charge < -0.3 is 10.5 Å². The van der Waals surface area contributed by atoms with Gasteiger partial charge >= 0.3 is 0 Å². The number of ether oxygens (including phenoxy) is 1. The number of nitrogens with one attached hydrogen (secondary N) is 1. The van der Waals surface area contributed by atoms with Crippen LogP contribution in [0.25, 0.3) is 0 Å². The molecule has 7 nitrogen and oxygen atoms in total. The molecule has 0 heterocycles. The van der Waals surface area contributed by atoms with Gasteiger partial charge in [-0.1, -0.05) is 0 Å². The normalized spacial score (nSPS) is 12.4. The van der Waals surface area contributed by atoms with Gasteiger partial charge in [0.05, 0.1) is 12.0 Å². The first-order chi connectivity index (χ1) is 8.72. The van der Waals surface area contributed by atoms with E-state index in [1.165, 1.54) is 19.2 Å². The monoisotopic (exact) mass is 308 g/mol. The molecule has 0 aliphatic rings. The smallest absolute Gasteiger partial charge is 0.244 e. The topological polar surface area (TPSA) is 116 Å². The molecule has 0 aliphatic carbocycles. The summed E-state index contributed by atoms with van der Waals surface area (Å²) in [4.78, 5) is -0.326. The summed E-state index contributed by atoms with van der Waals surface area (Å²) in [5.41, 5.74) is 5.23. The number of sulfonamides is 1. The van der Waals surface area contributed by atoms with Crippen molar-refractivity contribution >= 4 is 19.9 Å². The van der Waals surface area contributed by atoms with Gasteiger partial charge in [0.25, 0.3) is 0 Å². The molecule has 108 valence electrons. The van der Waals surface area contributed by atoms with Crippen molar-refractivity contribution < 1.29 is 21.6 Å². The summed E-state index contributed by atoms with van der Waals surface area (Å²) >= 11 is 0. The number of benzene rings is 1. The summed E-state index contributed by atoms with van der Waals surface area (Å²) < 4.78 is 54.1. The van der Waals surface area contributed by atoms with Crippen LogP contribution in [0.1, 0.15) is 0 Å². The van der Waals surface area contributed by atoms with Crippen molar-refractivity contribution in [3.05, 3.63) is 18.2 Å². The Labute approximate surface area is 112 Å². The van der Waals surface area contributed by atoms with Gasteiger partial charge in [0.2, 0.25) is 10.0 Å². The molecule has 0 unspecified atom stereocenters. The van der Waals surface area contributed by atoms with Crippen LogP contribution in [-0.4, -0.2) is 43.3 Å². The lowest BCUT2D eigenvalue weighted by Crippen LogP contribution is -2.29. The van der Waals surface area contributed by atoms with E-state index in [-0.39, 0.29) is 28.6 Å². The molecule has 0 aromatic heterocycles. The lowest BCUT2D eigenvalue weighted by atomic mass is 10.3. The highest BCUT2D eigenvalue weighted by Gasteiger charge is 2.21. The Hall–Kier alpha value is -1.16. The zero-order chi connectivity index (χ0) is 14.7. The van der Waals surface area contributed by atoms with Gasteiger partial charge in [-0.2, -0.15) is 0 Å². The molecular weight excluding hydrogens is 292 g/mol.